The summed E-state index contributed by atoms with van der Waals surface area (Å²) < 4.78 is 22.7. The SMILES string of the molecule is Cc1sc(NC(=O)OC(C)(C)C)nc1/C(=N/O[C@@H](COc1ccc(C(=N)NC2CN(C(=O)OC(C)(C)C)C2)cc1)C(=O)OC(c1ccccc1)c1ccccc1)C(=O)O. The lowest BCUT2D eigenvalue weighted by Gasteiger charge is -2.40. The summed E-state index contributed by atoms with van der Waals surface area (Å²) in [6.45, 7) is 12.4. The number of aromatic nitrogens is 1. The number of hydrogen-bond acceptors (Lipinski definition) is 13. The quantitative estimate of drug-likeness (QED) is 0.0336. The molecule has 5 rings (SSSR count). The van der Waals surface area contributed by atoms with Gasteiger partial charge in [-0.05, 0) is 83.9 Å². The highest BCUT2D eigenvalue weighted by atomic mass is 32.1. The van der Waals surface area contributed by atoms with Gasteiger partial charge in [-0.25, -0.2) is 24.2 Å². The lowest BCUT2D eigenvalue weighted by molar-refractivity contribution is -0.163. The minimum absolute atomic E-state index is 0.0655. The van der Waals surface area contributed by atoms with Crippen molar-refractivity contribution in [2.75, 3.05) is 25.0 Å². The van der Waals surface area contributed by atoms with Crippen LogP contribution in [0, 0.1) is 12.3 Å². The van der Waals surface area contributed by atoms with E-state index >= 15 is 0 Å². The Labute approximate surface area is 346 Å². The van der Waals surface area contributed by atoms with Gasteiger partial charge in [0, 0.05) is 23.5 Å². The summed E-state index contributed by atoms with van der Waals surface area (Å²) in [6, 6.07) is 24.5. The molecular weight excluding hydrogens is 781 g/mol. The molecule has 59 heavy (non-hydrogen) atoms. The highest BCUT2D eigenvalue weighted by Crippen LogP contribution is 2.28. The molecule has 1 fully saturated rings. The standard InChI is InChI=1S/C42H48N6O10S/c1-25-32(45-38(59-25)46-39(52)56-41(2,3)4)33(36(49)50)47-58-31(37(51)55-34(26-14-10-8-11-15-26)27-16-12-9-13-17-27)24-54-30-20-18-28(19-21-30)35(43)44-29-22-48(23-29)40(53)57-42(5,6)7/h8-21,29,31,34H,22-24H2,1-7H3,(H2,43,44)(H,49,50)(H,45,46,52)/b47-33-/t31-/m0/s1. The van der Waals surface area contributed by atoms with E-state index in [-0.39, 0.29) is 22.7 Å². The molecule has 312 valence electrons. The predicted octanol–water partition coefficient (Wildman–Crippen LogP) is 6.92. The average Bonchev–Trinajstić information content (AvgIpc) is 3.50. The first kappa shape index (κ1) is 43.6. The van der Waals surface area contributed by atoms with E-state index in [0.717, 1.165) is 11.3 Å². The fraction of sp³-hybridized carbons (Fsp3) is 0.357. The van der Waals surface area contributed by atoms with E-state index in [9.17, 15) is 24.3 Å². The molecule has 2 heterocycles. The number of amidine groups is 1. The molecule has 1 saturated heterocycles. The zero-order valence-corrected chi connectivity index (χ0v) is 34.6. The molecule has 0 saturated carbocycles. The van der Waals surface area contributed by atoms with Crippen molar-refractivity contribution in [3.63, 3.8) is 0 Å². The van der Waals surface area contributed by atoms with Gasteiger partial charge in [-0.2, -0.15) is 0 Å². The number of thiazole rings is 1. The van der Waals surface area contributed by atoms with Gasteiger partial charge in [0.2, 0.25) is 5.71 Å². The summed E-state index contributed by atoms with van der Waals surface area (Å²) in [5.74, 6) is -1.96. The summed E-state index contributed by atoms with van der Waals surface area (Å²) in [5.41, 5.74) is -0.213. The Morgan fingerprint density at radius 2 is 1.47 bits per heavy atom. The molecule has 0 aliphatic carbocycles. The monoisotopic (exact) mass is 828 g/mol. The molecular formula is C42H48N6O10S. The van der Waals surface area contributed by atoms with Crippen LogP contribution in [0.3, 0.4) is 0 Å². The minimum atomic E-state index is -1.58. The van der Waals surface area contributed by atoms with Gasteiger partial charge in [-0.3, -0.25) is 10.7 Å². The van der Waals surface area contributed by atoms with E-state index < -0.39 is 59.9 Å². The normalized spacial score (nSPS) is 13.8. The fourth-order valence-electron chi connectivity index (χ4n) is 5.50. The first-order chi connectivity index (χ1) is 27.8. The molecule has 16 nitrogen and oxygen atoms in total. The minimum Gasteiger partial charge on any atom is -0.489 e. The molecule has 0 spiro atoms. The number of nitrogens with zero attached hydrogens (tertiary/aromatic N) is 3. The van der Waals surface area contributed by atoms with Crippen molar-refractivity contribution in [3.8, 4) is 5.75 Å². The second-order valence-electron chi connectivity index (χ2n) is 15.5. The highest BCUT2D eigenvalue weighted by Gasteiger charge is 2.34. The maximum absolute atomic E-state index is 14.0. The molecule has 0 bridgehead atoms. The number of oxime groups is 1. The Hall–Kier alpha value is -6.49. The number of carboxylic acid groups (broad SMARTS) is 1. The van der Waals surface area contributed by atoms with E-state index in [0.29, 0.717) is 40.4 Å². The lowest BCUT2D eigenvalue weighted by atomic mass is 10.0. The number of carboxylic acids is 1. The number of likely N-dealkylation sites (tertiary alicyclic amines) is 1. The zero-order chi connectivity index (χ0) is 42.9. The Balaban J connectivity index is 1.32. The van der Waals surface area contributed by atoms with Gasteiger partial charge >= 0.3 is 24.1 Å². The van der Waals surface area contributed by atoms with Crippen LogP contribution < -0.4 is 15.4 Å². The van der Waals surface area contributed by atoms with Crippen molar-refractivity contribution < 1.29 is 48.1 Å². The number of aryl methyl sites for hydroxylation is 1. The number of carbonyl (C=O) groups excluding carboxylic acids is 3. The Bertz CT molecular complexity index is 2100. The molecule has 4 aromatic rings. The van der Waals surface area contributed by atoms with Gasteiger partial charge < -0.3 is 39.1 Å². The van der Waals surface area contributed by atoms with Crippen LogP contribution in [-0.4, -0.2) is 93.7 Å². The van der Waals surface area contributed by atoms with Gasteiger partial charge in [0.25, 0.3) is 6.10 Å². The third-order valence-corrected chi connectivity index (χ3v) is 9.12. The van der Waals surface area contributed by atoms with Crippen LogP contribution in [0.2, 0.25) is 0 Å². The number of aliphatic carboxylic acids is 1. The smallest absolute Gasteiger partial charge is 0.413 e. The van der Waals surface area contributed by atoms with Crippen molar-refractivity contribution >= 4 is 52.1 Å². The molecule has 4 N–H and O–H groups in total. The number of rotatable bonds is 14. The molecule has 1 aliphatic rings. The second kappa shape index (κ2) is 18.8. The van der Waals surface area contributed by atoms with Crippen LogP contribution >= 0.6 is 11.3 Å². The number of amides is 2. The number of hydrogen-bond donors (Lipinski definition) is 4. The predicted molar refractivity (Wildman–Crippen MR) is 220 cm³/mol. The van der Waals surface area contributed by atoms with E-state index in [2.05, 4.69) is 20.8 Å². The van der Waals surface area contributed by atoms with Gasteiger partial charge in [0.05, 0.1) is 6.04 Å². The van der Waals surface area contributed by atoms with Crippen molar-refractivity contribution in [2.24, 2.45) is 5.16 Å². The number of esters is 1. The molecule has 0 unspecified atom stereocenters. The molecule has 2 amide bonds. The first-order valence-electron chi connectivity index (χ1n) is 18.7. The van der Waals surface area contributed by atoms with Gasteiger partial charge in [0.1, 0.15) is 35.1 Å². The van der Waals surface area contributed by atoms with Crippen molar-refractivity contribution in [1.29, 1.82) is 5.41 Å². The Morgan fingerprint density at radius 3 is 2.02 bits per heavy atom. The number of anilines is 1. The van der Waals surface area contributed by atoms with Crippen LogP contribution in [0.4, 0.5) is 14.7 Å². The summed E-state index contributed by atoms with van der Waals surface area (Å²) in [4.78, 5) is 63.0. The van der Waals surface area contributed by atoms with Crippen LogP contribution in [0.5, 0.6) is 5.75 Å². The van der Waals surface area contributed by atoms with Crippen LogP contribution in [0.15, 0.2) is 90.1 Å². The van der Waals surface area contributed by atoms with E-state index in [1.54, 1.807) is 77.6 Å². The Kier molecular flexibility index (Phi) is 13.9. The molecule has 0 radical (unpaired) electrons. The van der Waals surface area contributed by atoms with E-state index in [4.69, 9.17) is 29.2 Å². The topological polar surface area (TPSA) is 211 Å². The number of nitrogens with one attached hydrogen (secondary N) is 3. The maximum atomic E-state index is 14.0. The summed E-state index contributed by atoms with van der Waals surface area (Å²) in [6.07, 6.45) is -3.62. The van der Waals surface area contributed by atoms with E-state index in [1.165, 1.54) is 0 Å². The molecule has 17 heteroatoms. The molecule has 1 aromatic heterocycles. The van der Waals surface area contributed by atoms with E-state index in [1.807, 2.05) is 60.7 Å². The second-order valence-corrected chi connectivity index (χ2v) is 16.7. The zero-order valence-electron chi connectivity index (χ0n) is 33.8. The van der Waals surface area contributed by atoms with Gasteiger partial charge in [0.15, 0.2) is 11.2 Å². The van der Waals surface area contributed by atoms with Gasteiger partial charge in [-0.1, -0.05) is 65.8 Å². The van der Waals surface area contributed by atoms with Crippen molar-refractivity contribution in [3.05, 3.63) is 112 Å². The van der Waals surface area contributed by atoms with Crippen LogP contribution in [0.25, 0.3) is 0 Å². The maximum Gasteiger partial charge on any atom is 0.413 e. The summed E-state index contributed by atoms with van der Waals surface area (Å²) >= 11 is 1.00. The van der Waals surface area contributed by atoms with Gasteiger partial charge in [-0.15, -0.1) is 11.3 Å². The third-order valence-electron chi connectivity index (χ3n) is 8.23. The summed E-state index contributed by atoms with van der Waals surface area (Å²) in [7, 11) is 0. The number of ether oxygens (including phenoxy) is 4. The van der Waals surface area contributed by atoms with Crippen LogP contribution in [-0.2, 0) is 28.6 Å². The lowest BCUT2D eigenvalue weighted by Crippen LogP contribution is -2.61. The molecule has 1 atom stereocenters. The first-order valence-corrected chi connectivity index (χ1v) is 19.5. The van der Waals surface area contributed by atoms with Crippen LogP contribution in [0.1, 0.15) is 74.9 Å². The van der Waals surface area contributed by atoms with Crippen molar-refractivity contribution in [1.82, 2.24) is 15.2 Å². The third kappa shape index (κ3) is 12.8. The number of benzene rings is 3. The average molecular weight is 829 g/mol. The molecule has 1 aliphatic heterocycles. The number of carbonyl (C=O) groups is 4. The largest absolute Gasteiger partial charge is 0.489 e. The molecule has 3 aromatic carbocycles. The van der Waals surface area contributed by atoms with Crippen molar-refractivity contribution in [2.45, 2.75) is 77.9 Å². The summed E-state index contributed by atoms with van der Waals surface area (Å²) in [5, 5.41) is 28.2. The fourth-order valence-corrected chi connectivity index (χ4v) is 6.30. The Morgan fingerprint density at radius 1 is 0.898 bits per heavy atom. The highest BCUT2D eigenvalue weighted by molar-refractivity contribution is 7.16.